The number of aromatic nitrogens is 2. The molecule has 31 heavy (non-hydrogen) atoms. The lowest BCUT2D eigenvalue weighted by molar-refractivity contribution is -0.116. The van der Waals surface area contributed by atoms with E-state index >= 15 is 0 Å². The molecule has 0 aliphatic heterocycles. The molecular formula is C24H29N5O2. The highest BCUT2D eigenvalue weighted by atomic mass is 16.2. The van der Waals surface area contributed by atoms with E-state index in [2.05, 4.69) is 32.7 Å². The van der Waals surface area contributed by atoms with Crippen LogP contribution in [-0.4, -0.2) is 52.9 Å². The molecule has 3 aromatic rings. The van der Waals surface area contributed by atoms with E-state index in [-0.39, 0.29) is 17.9 Å². The molecule has 162 valence electrons. The number of aryl methyl sites for hydroxylation is 1. The maximum absolute atomic E-state index is 12.9. The summed E-state index contributed by atoms with van der Waals surface area (Å²) in [4.78, 5) is 31.2. The third-order valence-electron chi connectivity index (χ3n) is 4.81. The van der Waals surface area contributed by atoms with Crippen LogP contribution in [0.4, 0.5) is 5.69 Å². The van der Waals surface area contributed by atoms with Crippen LogP contribution in [0.1, 0.15) is 22.3 Å². The highest BCUT2D eigenvalue weighted by Gasteiger charge is 2.16. The Morgan fingerprint density at radius 2 is 1.90 bits per heavy atom. The van der Waals surface area contributed by atoms with Gasteiger partial charge in [0.2, 0.25) is 5.91 Å². The summed E-state index contributed by atoms with van der Waals surface area (Å²) in [6.07, 6.45) is 6.25. The van der Waals surface area contributed by atoms with Gasteiger partial charge in [-0.05, 0) is 44.3 Å². The van der Waals surface area contributed by atoms with Gasteiger partial charge in [0.15, 0.2) is 0 Å². The lowest BCUT2D eigenvalue weighted by Gasteiger charge is -2.23. The van der Waals surface area contributed by atoms with Gasteiger partial charge in [-0.2, -0.15) is 0 Å². The second-order valence-electron chi connectivity index (χ2n) is 7.80. The van der Waals surface area contributed by atoms with Crippen LogP contribution in [0.2, 0.25) is 0 Å². The van der Waals surface area contributed by atoms with Gasteiger partial charge in [0.05, 0.1) is 6.33 Å². The number of hydrogen-bond acceptors (Lipinski definition) is 4. The number of hydrogen-bond donors (Lipinski definition) is 2. The van der Waals surface area contributed by atoms with Crippen molar-refractivity contribution < 1.29 is 9.59 Å². The van der Waals surface area contributed by atoms with E-state index in [0.717, 1.165) is 13.0 Å². The molecule has 1 atom stereocenters. The van der Waals surface area contributed by atoms with E-state index in [1.54, 1.807) is 36.8 Å². The lowest BCUT2D eigenvalue weighted by atomic mass is 10.0. The average Bonchev–Trinajstić information content (AvgIpc) is 3.26. The molecule has 2 amide bonds. The van der Waals surface area contributed by atoms with Crippen molar-refractivity contribution in [1.82, 2.24) is 19.8 Å². The van der Waals surface area contributed by atoms with E-state index in [4.69, 9.17) is 0 Å². The quantitative estimate of drug-likeness (QED) is 0.530. The van der Waals surface area contributed by atoms with Gasteiger partial charge in [0.1, 0.15) is 0 Å². The summed E-state index contributed by atoms with van der Waals surface area (Å²) in [7, 11) is 3.98. The molecule has 0 aliphatic rings. The largest absolute Gasteiger partial charge is 0.348 e. The van der Waals surface area contributed by atoms with Crippen molar-refractivity contribution in [2.24, 2.45) is 0 Å². The predicted molar refractivity (Wildman–Crippen MR) is 122 cm³/mol. The molecule has 3 rings (SSSR count). The molecule has 0 radical (unpaired) electrons. The topological polar surface area (TPSA) is 79.3 Å². The molecule has 2 N–H and O–H groups in total. The summed E-state index contributed by atoms with van der Waals surface area (Å²) in [6.45, 7) is 1.28. The third kappa shape index (κ3) is 7.38. The first-order valence-electron chi connectivity index (χ1n) is 10.3. The Kier molecular flexibility index (Phi) is 7.95. The molecule has 1 unspecified atom stereocenters. The van der Waals surface area contributed by atoms with Gasteiger partial charge >= 0.3 is 0 Å². The predicted octanol–water partition coefficient (Wildman–Crippen LogP) is 2.81. The van der Waals surface area contributed by atoms with Crippen LogP contribution in [0.15, 0.2) is 73.3 Å². The van der Waals surface area contributed by atoms with Gasteiger partial charge in [0, 0.05) is 49.2 Å². The zero-order valence-electron chi connectivity index (χ0n) is 18.0. The summed E-state index contributed by atoms with van der Waals surface area (Å²) >= 11 is 0. The summed E-state index contributed by atoms with van der Waals surface area (Å²) in [5.74, 6) is -0.266. The third-order valence-corrected chi connectivity index (χ3v) is 4.81. The lowest BCUT2D eigenvalue weighted by Crippen LogP contribution is -2.43. The molecule has 7 heteroatoms. The highest BCUT2D eigenvalue weighted by Crippen LogP contribution is 2.12. The first kappa shape index (κ1) is 22.2. The Balaban J connectivity index is 1.60. The number of nitrogens with zero attached hydrogens (tertiary/aromatic N) is 3. The van der Waals surface area contributed by atoms with E-state index in [1.807, 2.05) is 43.1 Å². The maximum Gasteiger partial charge on any atom is 0.251 e. The zero-order chi connectivity index (χ0) is 22.1. The van der Waals surface area contributed by atoms with Gasteiger partial charge in [-0.3, -0.25) is 9.59 Å². The van der Waals surface area contributed by atoms with E-state index < -0.39 is 0 Å². The Morgan fingerprint density at radius 3 is 2.61 bits per heavy atom. The number of amides is 2. The fourth-order valence-corrected chi connectivity index (χ4v) is 3.38. The number of anilines is 1. The number of imidazole rings is 1. The Bertz CT molecular complexity index is 971. The van der Waals surface area contributed by atoms with Crippen LogP contribution in [0.3, 0.4) is 0 Å². The van der Waals surface area contributed by atoms with E-state index in [9.17, 15) is 9.59 Å². The minimum absolute atomic E-state index is 0.0293. The highest BCUT2D eigenvalue weighted by molar-refractivity contribution is 5.97. The minimum atomic E-state index is -0.155. The van der Waals surface area contributed by atoms with Crippen molar-refractivity contribution in [3.05, 3.63) is 84.4 Å². The average molecular weight is 420 g/mol. The summed E-state index contributed by atoms with van der Waals surface area (Å²) < 4.78 is 1.85. The van der Waals surface area contributed by atoms with Gasteiger partial charge in [0.25, 0.3) is 5.91 Å². The molecule has 1 heterocycles. The molecule has 0 fully saturated rings. The molecule has 7 nitrogen and oxygen atoms in total. The fraction of sp³-hybridized carbons (Fsp3) is 0.292. The fourth-order valence-electron chi connectivity index (χ4n) is 3.38. The molecule has 0 saturated heterocycles. The summed E-state index contributed by atoms with van der Waals surface area (Å²) in [5, 5.41) is 6.00. The van der Waals surface area contributed by atoms with E-state index in [1.165, 1.54) is 5.56 Å². The van der Waals surface area contributed by atoms with Gasteiger partial charge in [-0.15, -0.1) is 0 Å². The van der Waals surface area contributed by atoms with Gasteiger partial charge in [-0.1, -0.05) is 36.4 Å². The summed E-state index contributed by atoms with van der Waals surface area (Å²) in [6, 6.07) is 17.1. The van der Waals surface area contributed by atoms with Gasteiger partial charge in [-0.25, -0.2) is 4.98 Å². The zero-order valence-corrected chi connectivity index (χ0v) is 18.0. The van der Waals surface area contributed by atoms with Crippen LogP contribution in [0.5, 0.6) is 0 Å². The minimum Gasteiger partial charge on any atom is -0.348 e. The first-order chi connectivity index (χ1) is 15.0. The standard InChI is InChI=1S/C24H29N5O2/c1-28(2)17-22(15-19-7-4-3-5-8-19)27-24(31)20-9-6-10-21(16-20)26-23(30)11-13-29-14-12-25-18-29/h3-10,12,14,16,18,22H,11,13,15,17H2,1-2H3,(H,26,30)(H,27,31). The Hall–Kier alpha value is -3.45. The Labute approximate surface area is 183 Å². The normalized spacial score (nSPS) is 11.8. The number of benzene rings is 2. The van der Waals surface area contributed by atoms with Crippen molar-refractivity contribution in [3.63, 3.8) is 0 Å². The van der Waals surface area contributed by atoms with Crippen molar-refractivity contribution in [2.45, 2.75) is 25.4 Å². The van der Waals surface area contributed by atoms with Crippen molar-refractivity contribution in [2.75, 3.05) is 26.0 Å². The number of carbonyl (C=O) groups excluding carboxylic acids is 2. The second-order valence-corrected chi connectivity index (χ2v) is 7.80. The SMILES string of the molecule is CN(C)CC(Cc1ccccc1)NC(=O)c1cccc(NC(=O)CCn2ccnc2)c1. The smallest absolute Gasteiger partial charge is 0.251 e. The van der Waals surface area contributed by atoms with Gasteiger partial charge < -0.3 is 20.1 Å². The maximum atomic E-state index is 12.9. The van der Waals surface area contributed by atoms with Crippen LogP contribution in [0, 0.1) is 0 Å². The van der Waals surface area contributed by atoms with Crippen molar-refractivity contribution in [3.8, 4) is 0 Å². The van der Waals surface area contributed by atoms with Crippen LogP contribution in [0.25, 0.3) is 0 Å². The molecule has 0 spiro atoms. The van der Waals surface area contributed by atoms with Crippen LogP contribution in [-0.2, 0) is 17.8 Å². The number of carbonyl (C=O) groups is 2. The molecule has 0 aliphatic carbocycles. The monoisotopic (exact) mass is 419 g/mol. The van der Waals surface area contributed by atoms with Crippen molar-refractivity contribution in [1.29, 1.82) is 0 Å². The van der Waals surface area contributed by atoms with E-state index in [0.29, 0.717) is 24.2 Å². The molecule has 1 aromatic heterocycles. The number of likely N-dealkylation sites (N-methyl/N-ethyl adjacent to an activating group) is 1. The number of nitrogens with one attached hydrogen (secondary N) is 2. The second kappa shape index (κ2) is 11.1. The summed E-state index contributed by atoms with van der Waals surface area (Å²) in [5.41, 5.74) is 2.30. The molecular weight excluding hydrogens is 390 g/mol. The number of rotatable bonds is 10. The Morgan fingerprint density at radius 1 is 1.10 bits per heavy atom. The van der Waals surface area contributed by atoms with Crippen LogP contribution < -0.4 is 10.6 Å². The van der Waals surface area contributed by atoms with Crippen LogP contribution >= 0.6 is 0 Å². The molecule has 0 bridgehead atoms. The first-order valence-corrected chi connectivity index (χ1v) is 10.3. The molecule has 0 saturated carbocycles. The van der Waals surface area contributed by atoms with Crippen molar-refractivity contribution >= 4 is 17.5 Å². The molecule has 2 aromatic carbocycles.